The molecule has 2 N–H and O–H groups in total. The lowest BCUT2D eigenvalue weighted by Gasteiger charge is -2.28. The standard InChI is InChI=1S/C12H16N4/c1-2-6-16(7-3-1)12-9-13-8-10(12)11-4-5-14-15-11/h4-5,8-9,13H,1-3,6-7H2,(H,14,15). The summed E-state index contributed by atoms with van der Waals surface area (Å²) in [6, 6.07) is 2.01. The van der Waals surface area contributed by atoms with Crippen molar-refractivity contribution in [1.82, 2.24) is 15.2 Å². The molecule has 3 heterocycles. The van der Waals surface area contributed by atoms with Gasteiger partial charge in [-0.25, -0.2) is 0 Å². The summed E-state index contributed by atoms with van der Waals surface area (Å²) in [6.45, 7) is 2.33. The van der Waals surface area contributed by atoms with E-state index in [0.29, 0.717) is 0 Å². The van der Waals surface area contributed by atoms with Crippen molar-refractivity contribution in [3.8, 4) is 11.3 Å². The SMILES string of the molecule is c1cc(-c2c[nH]cc2N2CCCCC2)[nH]n1. The molecule has 4 heteroatoms. The molecule has 1 aliphatic heterocycles. The van der Waals surface area contributed by atoms with E-state index in [4.69, 9.17) is 0 Å². The van der Waals surface area contributed by atoms with Crippen LogP contribution in [0.4, 0.5) is 5.69 Å². The fourth-order valence-corrected chi connectivity index (χ4v) is 2.37. The topological polar surface area (TPSA) is 47.7 Å². The summed E-state index contributed by atoms with van der Waals surface area (Å²) < 4.78 is 0. The Hall–Kier alpha value is -1.71. The van der Waals surface area contributed by atoms with Crippen LogP contribution in [0, 0.1) is 0 Å². The zero-order chi connectivity index (χ0) is 10.8. The lowest BCUT2D eigenvalue weighted by molar-refractivity contribution is 0.578. The molecule has 1 fully saturated rings. The molecule has 0 bridgehead atoms. The summed E-state index contributed by atoms with van der Waals surface area (Å²) in [5.41, 5.74) is 3.60. The Balaban J connectivity index is 1.92. The maximum Gasteiger partial charge on any atom is 0.0686 e. The van der Waals surface area contributed by atoms with Crippen molar-refractivity contribution in [3.05, 3.63) is 24.7 Å². The van der Waals surface area contributed by atoms with Crippen molar-refractivity contribution in [2.45, 2.75) is 19.3 Å². The summed E-state index contributed by atoms with van der Waals surface area (Å²) in [5, 5.41) is 7.03. The maximum absolute atomic E-state index is 4.01. The van der Waals surface area contributed by atoms with E-state index >= 15 is 0 Å². The van der Waals surface area contributed by atoms with Gasteiger partial charge in [0.1, 0.15) is 0 Å². The lowest BCUT2D eigenvalue weighted by Crippen LogP contribution is -2.29. The molecule has 0 aliphatic carbocycles. The molecule has 16 heavy (non-hydrogen) atoms. The molecular weight excluding hydrogens is 200 g/mol. The third-order valence-corrected chi connectivity index (χ3v) is 3.21. The van der Waals surface area contributed by atoms with E-state index in [0.717, 1.165) is 5.69 Å². The predicted octanol–water partition coefficient (Wildman–Crippen LogP) is 2.40. The first kappa shape index (κ1) is 9.51. The van der Waals surface area contributed by atoms with Crippen molar-refractivity contribution >= 4 is 5.69 Å². The first-order valence-corrected chi connectivity index (χ1v) is 5.86. The van der Waals surface area contributed by atoms with Crippen LogP contribution in [0.15, 0.2) is 24.7 Å². The largest absolute Gasteiger partial charge is 0.370 e. The highest BCUT2D eigenvalue weighted by molar-refractivity contribution is 5.75. The Labute approximate surface area is 94.7 Å². The summed E-state index contributed by atoms with van der Waals surface area (Å²) >= 11 is 0. The van der Waals surface area contributed by atoms with Crippen LogP contribution in [-0.2, 0) is 0 Å². The third kappa shape index (κ3) is 1.60. The molecule has 0 spiro atoms. The molecule has 0 radical (unpaired) electrons. The van der Waals surface area contributed by atoms with Gasteiger partial charge < -0.3 is 9.88 Å². The molecule has 1 aliphatic rings. The monoisotopic (exact) mass is 216 g/mol. The van der Waals surface area contributed by atoms with Crippen molar-refractivity contribution in [1.29, 1.82) is 0 Å². The summed E-state index contributed by atoms with van der Waals surface area (Å²) in [7, 11) is 0. The van der Waals surface area contributed by atoms with Crippen molar-refractivity contribution in [3.63, 3.8) is 0 Å². The van der Waals surface area contributed by atoms with Gasteiger partial charge in [-0.2, -0.15) is 5.10 Å². The van der Waals surface area contributed by atoms with Crippen LogP contribution >= 0.6 is 0 Å². The highest BCUT2D eigenvalue weighted by Crippen LogP contribution is 2.30. The van der Waals surface area contributed by atoms with E-state index < -0.39 is 0 Å². The zero-order valence-electron chi connectivity index (χ0n) is 9.24. The van der Waals surface area contributed by atoms with Gasteiger partial charge in [0.05, 0.1) is 11.4 Å². The minimum atomic E-state index is 1.09. The number of piperidine rings is 1. The van der Waals surface area contributed by atoms with E-state index in [-0.39, 0.29) is 0 Å². The molecule has 0 aromatic carbocycles. The second-order valence-corrected chi connectivity index (χ2v) is 4.27. The molecule has 3 rings (SSSR count). The minimum absolute atomic E-state index is 1.09. The van der Waals surface area contributed by atoms with Crippen molar-refractivity contribution in [2.75, 3.05) is 18.0 Å². The van der Waals surface area contributed by atoms with Gasteiger partial charge in [0.2, 0.25) is 0 Å². The first-order valence-electron chi connectivity index (χ1n) is 5.86. The predicted molar refractivity (Wildman–Crippen MR) is 64.4 cm³/mol. The van der Waals surface area contributed by atoms with Gasteiger partial charge in [0.15, 0.2) is 0 Å². The number of H-pyrrole nitrogens is 2. The van der Waals surface area contributed by atoms with E-state index in [1.165, 1.54) is 43.6 Å². The van der Waals surface area contributed by atoms with E-state index in [1.807, 2.05) is 12.3 Å². The Morgan fingerprint density at radius 1 is 1.12 bits per heavy atom. The van der Waals surface area contributed by atoms with E-state index in [9.17, 15) is 0 Å². The van der Waals surface area contributed by atoms with Crippen LogP contribution in [0.5, 0.6) is 0 Å². The summed E-state index contributed by atoms with van der Waals surface area (Å²) in [4.78, 5) is 5.65. The Kier molecular flexibility index (Phi) is 2.40. The van der Waals surface area contributed by atoms with Crippen LogP contribution in [0.2, 0.25) is 0 Å². The average Bonchev–Trinajstić information content (AvgIpc) is 3.01. The van der Waals surface area contributed by atoms with Crippen LogP contribution < -0.4 is 4.90 Å². The highest BCUT2D eigenvalue weighted by atomic mass is 15.2. The second kappa shape index (κ2) is 4.04. The average molecular weight is 216 g/mol. The number of anilines is 1. The summed E-state index contributed by atoms with van der Waals surface area (Å²) in [6.07, 6.45) is 9.88. The molecule has 0 unspecified atom stereocenters. The van der Waals surface area contributed by atoms with E-state index in [2.05, 4.69) is 26.3 Å². The van der Waals surface area contributed by atoms with Gasteiger partial charge in [-0.3, -0.25) is 5.10 Å². The number of nitrogens with zero attached hydrogens (tertiary/aromatic N) is 2. The molecule has 0 atom stereocenters. The molecule has 84 valence electrons. The fraction of sp³-hybridized carbons (Fsp3) is 0.417. The molecule has 0 saturated carbocycles. The second-order valence-electron chi connectivity index (χ2n) is 4.27. The van der Waals surface area contributed by atoms with Gasteiger partial charge in [-0.05, 0) is 25.3 Å². The highest BCUT2D eigenvalue weighted by Gasteiger charge is 2.16. The lowest BCUT2D eigenvalue weighted by atomic mass is 10.1. The number of hydrogen-bond donors (Lipinski definition) is 2. The quantitative estimate of drug-likeness (QED) is 0.809. The molecule has 1 saturated heterocycles. The zero-order valence-corrected chi connectivity index (χ0v) is 9.24. The van der Waals surface area contributed by atoms with Crippen LogP contribution in [0.1, 0.15) is 19.3 Å². The summed E-state index contributed by atoms with van der Waals surface area (Å²) in [5.74, 6) is 0. The van der Waals surface area contributed by atoms with Crippen molar-refractivity contribution < 1.29 is 0 Å². The van der Waals surface area contributed by atoms with Gasteiger partial charge in [-0.1, -0.05) is 0 Å². The minimum Gasteiger partial charge on any atom is -0.370 e. The fourth-order valence-electron chi connectivity index (χ4n) is 2.37. The van der Waals surface area contributed by atoms with E-state index in [1.54, 1.807) is 6.20 Å². The van der Waals surface area contributed by atoms with Crippen molar-refractivity contribution in [2.24, 2.45) is 0 Å². The van der Waals surface area contributed by atoms with Crippen LogP contribution in [0.3, 0.4) is 0 Å². The first-order chi connectivity index (χ1) is 7.95. The number of aromatic nitrogens is 3. The Morgan fingerprint density at radius 3 is 2.75 bits per heavy atom. The third-order valence-electron chi connectivity index (χ3n) is 3.21. The van der Waals surface area contributed by atoms with Gasteiger partial charge in [0, 0.05) is 37.2 Å². The van der Waals surface area contributed by atoms with Crippen LogP contribution in [0.25, 0.3) is 11.3 Å². The molecule has 2 aromatic rings. The van der Waals surface area contributed by atoms with Crippen LogP contribution in [-0.4, -0.2) is 28.3 Å². The Bertz CT molecular complexity index is 437. The maximum atomic E-state index is 4.01. The Morgan fingerprint density at radius 2 is 2.00 bits per heavy atom. The molecular formula is C12H16N4. The molecule has 0 amide bonds. The smallest absolute Gasteiger partial charge is 0.0686 e. The normalized spacial score (nSPS) is 16.6. The van der Waals surface area contributed by atoms with Gasteiger partial charge >= 0.3 is 0 Å². The molecule has 2 aromatic heterocycles. The number of hydrogen-bond acceptors (Lipinski definition) is 2. The number of nitrogens with one attached hydrogen (secondary N) is 2. The number of aromatic amines is 2. The number of rotatable bonds is 2. The van der Waals surface area contributed by atoms with Gasteiger partial charge in [-0.15, -0.1) is 0 Å². The molecule has 4 nitrogen and oxygen atoms in total. The van der Waals surface area contributed by atoms with Gasteiger partial charge in [0.25, 0.3) is 0 Å².